The molecule has 2 aliphatic heterocycles. The molecule has 2 aromatic carbocycles. The number of piperazine rings is 1. The van der Waals surface area contributed by atoms with Crippen LogP contribution in [0.3, 0.4) is 0 Å². The number of para-hydroxylation sites is 1. The zero-order valence-corrected chi connectivity index (χ0v) is 19.0. The molecule has 2 aliphatic rings. The molecular weight excluding hydrogens is 424 g/mol. The molecule has 1 aromatic heterocycles. The van der Waals surface area contributed by atoms with Crippen LogP contribution < -0.4 is 23.7 Å². The number of nitrogens with zero attached hydrogens (tertiary/aromatic N) is 4. The standard InChI is InChI=1S/C24H28N4O5/c1-27-8-10-28(11-9-27)7-4-12-30-22-14-18-17(13-21(22)29-2)24(26-15-25-18)33-20-6-3-5-19-23(20)32-16-31-19/h3,5-6,13-15H,4,7-12,16H2,1-2H3. The number of likely N-dealkylation sites (N-methyl/N-ethyl adjacent to an activating group) is 1. The van der Waals surface area contributed by atoms with Gasteiger partial charge in [-0.15, -0.1) is 0 Å². The first-order chi connectivity index (χ1) is 16.2. The van der Waals surface area contributed by atoms with E-state index in [1.807, 2.05) is 30.3 Å². The maximum atomic E-state index is 6.09. The van der Waals surface area contributed by atoms with Gasteiger partial charge in [0.15, 0.2) is 23.0 Å². The molecule has 3 aromatic rings. The molecular formula is C24H28N4O5. The van der Waals surface area contributed by atoms with Gasteiger partial charge >= 0.3 is 0 Å². The van der Waals surface area contributed by atoms with Gasteiger partial charge < -0.3 is 33.5 Å². The minimum atomic E-state index is 0.170. The van der Waals surface area contributed by atoms with Gasteiger partial charge in [0.05, 0.1) is 24.6 Å². The van der Waals surface area contributed by atoms with E-state index in [0.29, 0.717) is 46.8 Å². The number of hydrogen-bond acceptors (Lipinski definition) is 9. The summed E-state index contributed by atoms with van der Waals surface area (Å²) < 4.78 is 28.7. The number of rotatable bonds is 8. The predicted octanol–water partition coefficient (Wildman–Crippen LogP) is 3.18. The molecule has 1 fully saturated rings. The van der Waals surface area contributed by atoms with E-state index in [0.717, 1.165) is 44.5 Å². The van der Waals surface area contributed by atoms with Crippen molar-refractivity contribution in [1.82, 2.24) is 19.8 Å². The molecule has 0 spiro atoms. The van der Waals surface area contributed by atoms with E-state index in [2.05, 4.69) is 26.8 Å². The summed E-state index contributed by atoms with van der Waals surface area (Å²) in [6.45, 7) is 6.26. The highest BCUT2D eigenvalue weighted by atomic mass is 16.7. The van der Waals surface area contributed by atoms with E-state index >= 15 is 0 Å². The second kappa shape index (κ2) is 9.68. The minimum absolute atomic E-state index is 0.170. The summed E-state index contributed by atoms with van der Waals surface area (Å²) in [6.07, 6.45) is 2.42. The maximum Gasteiger partial charge on any atom is 0.231 e. The van der Waals surface area contributed by atoms with Crippen molar-refractivity contribution in [2.24, 2.45) is 0 Å². The van der Waals surface area contributed by atoms with E-state index in [-0.39, 0.29) is 6.79 Å². The molecule has 0 saturated carbocycles. The highest BCUT2D eigenvalue weighted by Gasteiger charge is 2.21. The van der Waals surface area contributed by atoms with Crippen molar-refractivity contribution in [2.45, 2.75) is 6.42 Å². The quantitative estimate of drug-likeness (QED) is 0.479. The Morgan fingerprint density at radius 2 is 1.88 bits per heavy atom. The summed E-state index contributed by atoms with van der Waals surface area (Å²) in [5.74, 6) is 3.43. The van der Waals surface area contributed by atoms with Crippen LogP contribution in [0.15, 0.2) is 36.7 Å². The van der Waals surface area contributed by atoms with Gasteiger partial charge in [-0.05, 0) is 31.7 Å². The molecule has 1 saturated heterocycles. The summed E-state index contributed by atoms with van der Waals surface area (Å²) in [5.41, 5.74) is 0.708. The van der Waals surface area contributed by atoms with Crippen molar-refractivity contribution in [3.63, 3.8) is 0 Å². The van der Waals surface area contributed by atoms with Crippen LogP contribution in [-0.2, 0) is 0 Å². The highest BCUT2D eigenvalue weighted by Crippen LogP contribution is 2.43. The normalized spacial score (nSPS) is 16.2. The fourth-order valence-corrected chi connectivity index (χ4v) is 4.02. The van der Waals surface area contributed by atoms with Gasteiger partial charge in [-0.3, -0.25) is 0 Å². The fourth-order valence-electron chi connectivity index (χ4n) is 4.02. The minimum Gasteiger partial charge on any atom is -0.493 e. The number of aromatic nitrogens is 2. The van der Waals surface area contributed by atoms with Gasteiger partial charge in [-0.2, -0.15) is 0 Å². The zero-order chi connectivity index (χ0) is 22.6. The average Bonchev–Trinajstić information content (AvgIpc) is 3.33. The Bertz CT molecular complexity index is 1120. The molecule has 0 N–H and O–H groups in total. The molecule has 33 heavy (non-hydrogen) atoms. The summed E-state index contributed by atoms with van der Waals surface area (Å²) >= 11 is 0. The molecule has 5 rings (SSSR count). The number of benzene rings is 2. The lowest BCUT2D eigenvalue weighted by Crippen LogP contribution is -2.44. The fraction of sp³-hybridized carbons (Fsp3) is 0.417. The summed E-state index contributed by atoms with van der Waals surface area (Å²) in [6, 6.07) is 9.22. The predicted molar refractivity (Wildman–Crippen MR) is 123 cm³/mol. The van der Waals surface area contributed by atoms with Crippen molar-refractivity contribution in [3.8, 4) is 34.6 Å². The first kappa shape index (κ1) is 21.5. The summed E-state index contributed by atoms with van der Waals surface area (Å²) in [5, 5.41) is 0.718. The topological polar surface area (TPSA) is 78.4 Å². The Morgan fingerprint density at radius 3 is 2.73 bits per heavy atom. The number of ether oxygens (including phenoxy) is 5. The van der Waals surface area contributed by atoms with Crippen LogP contribution in [-0.4, -0.2) is 80.0 Å². The first-order valence-corrected chi connectivity index (χ1v) is 11.1. The van der Waals surface area contributed by atoms with E-state index in [1.165, 1.54) is 6.33 Å². The van der Waals surface area contributed by atoms with Crippen molar-refractivity contribution in [3.05, 3.63) is 36.7 Å². The first-order valence-electron chi connectivity index (χ1n) is 11.1. The van der Waals surface area contributed by atoms with E-state index in [1.54, 1.807) is 7.11 Å². The lowest BCUT2D eigenvalue weighted by molar-refractivity contribution is 0.145. The van der Waals surface area contributed by atoms with Gasteiger partial charge in [0.1, 0.15) is 6.33 Å². The van der Waals surface area contributed by atoms with Crippen molar-refractivity contribution >= 4 is 10.9 Å². The maximum absolute atomic E-state index is 6.09. The smallest absolute Gasteiger partial charge is 0.231 e. The van der Waals surface area contributed by atoms with Crippen molar-refractivity contribution in [1.29, 1.82) is 0 Å². The van der Waals surface area contributed by atoms with Crippen LogP contribution in [0.2, 0.25) is 0 Å². The third-order valence-corrected chi connectivity index (χ3v) is 5.92. The van der Waals surface area contributed by atoms with Gasteiger partial charge in [0.2, 0.25) is 18.4 Å². The molecule has 0 unspecified atom stereocenters. The van der Waals surface area contributed by atoms with Gasteiger partial charge in [-0.25, -0.2) is 9.97 Å². The third-order valence-electron chi connectivity index (χ3n) is 5.92. The molecule has 0 aliphatic carbocycles. The molecule has 9 heteroatoms. The second-order valence-corrected chi connectivity index (χ2v) is 8.14. The molecule has 174 valence electrons. The molecule has 0 atom stereocenters. The number of methoxy groups -OCH3 is 1. The lowest BCUT2D eigenvalue weighted by Gasteiger charge is -2.32. The molecule has 0 bridgehead atoms. The Balaban J connectivity index is 1.30. The summed E-state index contributed by atoms with van der Waals surface area (Å²) in [4.78, 5) is 13.6. The van der Waals surface area contributed by atoms with Gasteiger partial charge in [-0.1, -0.05) is 6.07 Å². The SMILES string of the molecule is COc1cc2c(Oc3cccc4c3OCO4)ncnc2cc1OCCCN1CCN(C)CC1. The van der Waals surface area contributed by atoms with Crippen LogP contribution in [0.25, 0.3) is 10.9 Å². The Hall–Kier alpha value is -3.30. The third kappa shape index (κ3) is 4.74. The molecule has 3 heterocycles. The van der Waals surface area contributed by atoms with Crippen LogP contribution in [0.5, 0.6) is 34.6 Å². The van der Waals surface area contributed by atoms with Crippen molar-refractivity contribution in [2.75, 3.05) is 60.3 Å². The molecule has 0 radical (unpaired) electrons. The van der Waals surface area contributed by atoms with Crippen LogP contribution in [0.4, 0.5) is 0 Å². The average molecular weight is 453 g/mol. The second-order valence-electron chi connectivity index (χ2n) is 8.14. The largest absolute Gasteiger partial charge is 0.493 e. The Morgan fingerprint density at radius 1 is 1.00 bits per heavy atom. The van der Waals surface area contributed by atoms with Gasteiger partial charge in [0, 0.05) is 38.8 Å². The van der Waals surface area contributed by atoms with Crippen LogP contribution in [0, 0.1) is 0 Å². The summed E-state index contributed by atoms with van der Waals surface area (Å²) in [7, 11) is 3.79. The molecule has 9 nitrogen and oxygen atoms in total. The van der Waals surface area contributed by atoms with Crippen molar-refractivity contribution < 1.29 is 23.7 Å². The monoisotopic (exact) mass is 452 g/mol. The lowest BCUT2D eigenvalue weighted by atomic mass is 10.2. The van der Waals surface area contributed by atoms with Crippen LogP contribution >= 0.6 is 0 Å². The number of hydrogen-bond donors (Lipinski definition) is 0. The van der Waals surface area contributed by atoms with E-state index < -0.39 is 0 Å². The van der Waals surface area contributed by atoms with Crippen LogP contribution in [0.1, 0.15) is 6.42 Å². The van der Waals surface area contributed by atoms with E-state index in [9.17, 15) is 0 Å². The highest BCUT2D eigenvalue weighted by molar-refractivity contribution is 5.87. The Labute approximate surface area is 192 Å². The van der Waals surface area contributed by atoms with Gasteiger partial charge in [0.25, 0.3) is 0 Å². The molecule has 0 amide bonds. The van der Waals surface area contributed by atoms with E-state index in [4.69, 9.17) is 23.7 Å². The zero-order valence-electron chi connectivity index (χ0n) is 19.0. The Kier molecular flexibility index (Phi) is 6.32. The number of fused-ring (bicyclic) bond motifs is 2.